The number of halogens is 1. The number of ether oxygens (including phenoxy) is 1. The molecule has 5 heteroatoms. The summed E-state index contributed by atoms with van der Waals surface area (Å²) in [6.45, 7) is 0.548. The summed E-state index contributed by atoms with van der Waals surface area (Å²) < 4.78 is 5.49. The molecule has 0 aromatic heterocycles. The van der Waals surface area contributed by atoms with Gasteiger partial charge in [-0.2, -0.15) is 0 Å². The van der Waals surface area contributed by atoms with Crippen molar-refractivity contribution in [2.45, 2.75) is 44.2 Å². The molecule has 0 spiro atoms. The van der Waals surface area contributed by atoms with Crippen molar-refractivity contribution in [1.29, 1.82) is 0 Å². The number of aliphatic imine (C=N–C) groups is 1. The van der Waals surface area contributed by atoms with Crippen LogP contribution in [-0.4, -0.2) is 25.7 Å². The third kappa shape index (κ3) is 6.22. The van der Waals surface area contributed by atoms with Crippen molar-refractivity contribution >= 4 is 29.9 Å². The number of benzene rings is 1. The van der Waals surface area contributed by atoms with E-state index < -0.39 is 0 Å². The number of nitrogens with two attached hydrogens (primary N) is 1. The molecule has 0 heterocycles. The topological polar surface area (TPSA) is 59.6 Å². The summed E-state index contributed by atoms with van der Waals surface area (Å²) in [5, 5.41) is 3.32. The minimum atomic E-state index is -0.0390. The second-order valence-electron chi connectivity index (χ2n) is 5.34. The standard InChI is InChI=1S/C16H25N3O.HI/c1-20-15(13-8-4-2-5-9-13)12-18-16(17)19-14-10-6-3-7-11-14;/h2,4-5,8-9,14-15H,3,6-7,10-12H2,1H3,(H3,17,18,19);1H. The third-order valence-corrected chi connectivity index (χ3v) is 3.84. The molecule has 1 atom stereocenters. The van der Waals surface area contributed by atoms with Gasteiger partial charge in [-0.15, -0.1) is 24.0 Å². The van der Waals surface area contributed by atoms with Gasteiger partial charge in [0.25, 0.3) is 0 Å². The molecule has 0 saturated heterocycles. The van der Waals surface area contributed by atoms with Crippen LogP contribution in [0.2, 0.25) is 0 Å². The number of hydrogen-bond donors (Lipinski definition) is 2. The third-order valence-electron chi connectivity index (χ3n) is 3.84. The van der Waals surface area contributed by atoms with E-state index in [2.05, 4.69) is 22.4 Å². The molecule has 3 N–H and O–H groups in total. The Kier molecular flexibility index (Phi) is 8.68. The number of hydrogen-bond acceptors (Lipinski definition) is 2. The summed E-state index contributed by atoms with van der Waals surface area (Å²) in [6, 6.07) is 10.6. The SMILES string of the molecule is COC(CN=C(N)NC1CCCCC1)c1ccccc1.I. The van der Waals surface area contributed by atoms with Gasteiger partial charge in [-0.05, 0) is 18.4 Å². The highest BCUT2D eigenvalue weighted by atomic mass is 127. The lowest BCUT2D eigenvalue weighted by molar-refractivity contribution is 0.111. The maximum Gasteiger partial charge on any atom is 0.188 e. The molecule has 1 unspecified atom stereocenters. The average Bonchev–Trinajstić information content (AvgIpc) is 2.50. The summed E-state index contributed by atoms with van der Waals surface area (Å²) >= 11 is 0. The van der Waals surface area contributed by atoms with Crippen LogP contribution in [0.15, 0.2) is 35.3 Å². The number of rotatable bonds is 5. The van der Waals surface area contributed by atoms with Gasteiger partial charge in [0.1, 0.15) is 6.10 Å². The zero-order chi connectivity index (χ0) is 14.2. The van der Waals surface area contributed by atoms with E-state index in [1.165, 1.54) is 32.1 Å². The van der Waals surface area contributed by atoms with Gasteiger partial charge in [0.2, 0.25) is 0 Å². The number of guanidine groups is 1. The Morgan fingerprint density at radius 1 is 1.29 bits per heavy atom. The first-order valence-electron chi connectivity index (χ1n) is 7.44. The second kappa shape index (κ2) is 10.00. The van der Waals surface area contributed by atoms with Crippen LogP contribution >= 0.6 is 24.0 Å². The van der Waals surface area contributed by atoms with Crippen LogP contribution in [0.3, 0.4) is 0 Å². The minimum Gasteiger partial charge on any atom is -0.375 e. The van der Waals surface area contributed by atoms with Crippen molar-refractivity contribution in [2.24, 2.45) is 10.7 Å². The molecule has 1 aliphatic rings. The van der Waals surface area contributed by atoms with Gasteiger partial charge >= 0.3 is 0 Å². The van der Waals surface area contributed by atoms with Crippen LogP contribution in [-0.2, 0) is 4.74 Å². The predicted octanol–water partition coefficient (Wildman–Crippen LogP) is 3.23. The zero-order valence-electron chi connectivity index (χ0n) is 12.6. The number of methoxy groups -OCH3 is 1. The largest absolute Gasteiger partial charge is 0.375 e. The fourth-order valence-corrected chi connectivity index (χ4v) is 2.67. The quantitative estimate of drug-likeness (QED) is 0.451. The van der Waals surface area contributed by atoms with Crippen LogP contribution in [0.1, 0.15) is 43.8 Å². The fraction of sp³-hybridized carbons (Fsp3) is 0.562. The fourth-order valence-electron chi connectivity index (χ4n) is 2.67. The Morgan fingerprint density at radius 2 is 1.95 bits per heavy atom. The lowest BCUT2D eigenvalue weighted by atomic mass is 9.96. The smallest absolute Gasteiger partial charge is 0.188 e. The number of nitrogens with zero attached hydrogens (tertiary/aromatic N) is 1. The summed E-state index contributed by atoms with van der Waals surface area (Å²) in [4.78, 5) is 4.42. The van der Waals surface area contributed by atoms with E-state index in [1.807, 2.05) is 18.2 Å². The number of nitrogens with one attached hydrogen (secondary N) is 1. The Hall–Kier alpha value is -0.820. The molecule has 21 heavy (non-hydrogen) atoms. The van der Waals surface area contributed by atoms with Gasteiger partial charge < -0.3 is 15.8 Å². The van der Waals surface area contributed by atoms with Gasteiger partial charge in [-0.25, -0.2) is 0 Å². The molecule has 0 bridgehead atoms. The van der Waals surface area contributed by atoms with Crippen LogP contribution in [0.4, 0.5) is 0 Å². The van der Waals surface area contributed by atoms with Gasteiger partial charge in [-0.1, -0.05) is 49.6 Å². The lowest BCUT2D eigenvalue weighted by Gasteiger charge is -2.23. The molecule has 1 saturated carbocycles. The van der Waals surface area contributed by atoms with Crippen molar-refractivity contribution in [3.63, 3.8) is 0 Å². The summed E-state index contributed by atoms with van der Waals surface area (Å²) in [6.07, 6.45) is 6.27. The first-order chi connectivity index (χ1) is 9.79. The van der Waals surface area contributed by atoms with Crippen LogP contribution < -0.4 is 11.1 Å². The molecule has 0 radical (unpaired) electrons. The molecule has 1 aromatic carbocycles. The van der Waals surface area contributed by atoms with E-state index in [0.29, 0.717) is 18.5 Å². The van der Waals surface area contributed by atoms with Crippen molar-refractivity contribution in [3.05, 3.63) is 35.9 Å². The van der Waals surface area contributed by atoms with E-state index in [4.69, 9.17) is 10.5 Å². The van der Waals surface area contributed by atoms with E-state index in [1.54, 1.807) is 7.11 Å². The molecule has 2 rings (SSSR count). The first-order valence-corrected chi connectivity index (χ1v) is 7.44. The summed E-state index contributed by atoms with van der Waals surface area (Å²) in [7, 11) is 1.71. The van der Waals surface area contributed by atoms with Gasteiger partial charge in [-0.3, -0.25) is 4.99 Å². The molecule has 118 valence electrons. The highest BCUT2D eigenvalue weighted by Crippen LogP contribution is 2.18. The minimum absolute atomic E-state index is 0. The maximum absolute atomic E-state index is 5.97. The van der Waals surface area contributed by atoms with Crippen LogP contribution in [0.5, 0.6) is 0 Å². The van der Waals surface area contributed by atoms with Crippen molar-refractivity contribution in [2.75, 3.05) is 13.7 Å². The van der Waals surface area contributed by atoms with E-state index in [9.17, 15) is 0 Å². The average molecular weight is 403 g/mol. The highest BCUT2D eigenvalue weighted by molar-refractivity contribution is 14.0. The predicted molar refractivity (Wildman–Crippen MR) is 98.1 cm³/mol. The molecule has 0 amide bonds. The normalized spacial score (nSPS) is 17.9. The molecule has 0 aliphatic heterocycles. The second-order valence-corrected chi connectivity index (χ2v) is 5.34. The van der Waals surface area contributed by atoms with E-state index in [-0.39, 0.29) is 30.1 Å². The molecular formula is C16H26IN3O. The van der Waals surface area contributed by atoms with E-state index >= 15 is 0 Å². The van der Waals surface area contributed by atoms with Crippen molar-refractivity contribution in [3.8, 4) is 0 Å². The monoisotopic (exact) mass is 403 g/mol. The molecule has 4 nitrogen and oxygen atoms in total. The molecule has 1 fully saturated rings. The Morgan fingerprint density at radius 3 is 2.57 bits per heavy atom. The van der Waals surface area contributed by atoms with Crippen LogP contribution in [0, 0.1) is 0 Å². The lowest BCUT2D eigenvalue weighted by Crippen LogP contribution is -2.41. The molecule has 1 aromatic rings. The van der Waals surface area contributed by atoms with Crippen molar-refractivity contribution in [1.82, 2.24) is 5.32 Å². The molecular weight excluding hydrogens is 377 g/mol. The first kappa shape index (κ1) is 18.2. The summed E-state index contributed by atoms with van der Waals surface area (Å²) in [5.41, 5.74) is 7.10. The van der Waals surface area contributed by atoms with Crippen molar-refractivity contribution < 1.29 is 4.74 Å². The van der Waals surface area contributed by atoms with Crippen LogP contribution in [0.25, 0.3) is 0 Å². The van der Waals surface area contributed by atoms with Gasteiger partial charge in [0.05, 0.1) is 6.54 Å². The van der Waals surface area contributed by atoms with E-state index in [0.717, 1.165) is 5.56 Å². The van der Waals surface area contributed by atoms with Gasteiger partial charge in [0.15, 0.2) is 5.96 Å². The highest BCUT2D eigenvalue weighted by Gasteiger charge is 2.14. The Balaban J connectivity index is 0.00000220. The summed E-state index contributed by atoms with van der Waals surface area (Å²) in [5.74, 6) is 0.537. The molecule has 1 aliphatic carbocycles. The maximum atomic E-state index is 5.97. The van der Waals surface area contributed by atoms with Gasteiger partial charge in [0, 0.05) is 13.2 Å². The zero-order valence-corrected chi connectivity index (χ0v) is 15.0. The Bertz CT molecular complexity index is 419. The Labute approximate surface area is 144 Å².